The van der Waals surface area contributed by atoms with Crippen LogP contribution in [0.1, 0.15) is 21.5 Å². The van der Waals surface area contributed by atoms with E-state index in [4.69, 9.17) is 10.8 Å². The maximum atomic E-state index is 12.4. The number of hydrogen-bond acceptors (Lipinski definition) is 3. The average molecular weight is 424 g/mol. The molecule has 106 valence electrons. The number of aliphatic carboxylic acids is 1. The number of benzene rings is 2. The number of nitrogen functional groups attached to an aromatic ring is 1. The second-order valence-corrected chi connectivity index (χ2v) is 5.20. The van der Waals surface area contributed by atoms with Crippen molar-refractivity contribution in [2.75, 3.05) is 5.73 Å². The van der Waals surface area contributed by atoms with Crippen molar-refractivity contribution in [3.63, 3.8) is 0 Å². The molecule has 3 N–H and O–H groups in total. The van der Waals surface area contributed by atoms with Crippen molar-refractivity contribution in [3.05, 3.63) is 63.6 Å². The summed E-state index contributed by atoms with van der Waals surface area (Å²) in [6.45, 7) is 0. The van der Waals surface area contributed by atoms with Gasteiger partial charge in [0.05, 0.1) is 6.42 Å². The number of anilines is 1. The van der Waals surface area contributed by atoms with Crippen LogP contribution in [-0.2, 0) is 11.2 Å². The first-order valence-corrected chi connectivity index (χ1v) is 6.68. The molecule has 0 spiro atoms. The van der Waals surface area contributed by atoms with Crippen LogP contribution >= 0.6 is 15.9 Å². The molecule has 4 nitrogen and oxygen atoms in total. The van der Waals surface area contributed by atoms with Gasteiger partial charge >= 0.3 is 51.5 Å². The minimum atomic E-state index is -0.982. The molecule has 0 atom stereocenters. The molecule has 0 saturated carbocycles. The van der Waals surface area contributed by atoms with Crippen LogP contribution in [0.2, 0.25) is 0 Å². The quantitative estimate of drug-likeness (QED) is 0.447. The fourth-order valence-electron chi connectivity index (χ4n) is 1.88. The Labute approximate surface area is 167 Å². The minimum absolute atomic E-state index is 0. The topological polar surface area (TPSA) is 80.4 Å². The summed E-state index contributed by atoms with van der Waals surface area (Å²) in [4.78, 5) is 23.1. The third-order valence-electron chi connectivity index (χ3n) is 2.89. The number of rotatable bonds is 4. The number of carbonyl (C=O) groups excluding carboxylic acids is 1. The van der Waals surface area contributed by atoms with E-state index in [9.17, 15) is 9.59 Å². The first kappa shape index (κ1) is 18.4. The van der Waals surface area contributed by atoms with Crippen LogP contribution in [0.5, 0.6) is 0 Å². The Bertz CT molecular complexity index is 671. The van der Waals surface area contributed by atoms with Crippen LogP contribution in [0, 0.1) is 0 Å². The normalized spacial score (nSPS) is 9.76. The van der Waals surface area contributed by atoms with Crippen molar-refractivity contribution < 1.29 is 14.7 Å². The summed E-state index contributed by atoms with van der Waals surface area (Å²) >= 11 is 3.30. The second-order valence-electron chi connectivity index (χ2n) is 4.28. The molecular weight excluding hydrogens is 410 g/mol. The fraction of sp³-hybridized carbons (Fsp3) is 0.0667. The molecule has 0 amide bonds. The van der Waals surface area contributed by atoms with Gasteiger partial charge < -0.3 is 10.8 Å². The Morgan fingerprint density at radius 2 is 1.71 bits per heavy atom. The average Bonchev–Trinajstić information content (AvgIpc) is 2.41. The van der Waals surface area contributed by atoms with Gasteiger partial charge in [-0.15, -0.1) is 0 Å². The number of carbonyl (C=O) groups is 2. The van der Waals surface area contributed by atoms with Gasteiger partial charge in [-0.25, -0.2) is 0 Å². The Balaban J connectivity index is 0.00000220. The SMILES string of the molecule is Nc1c(CC(=O)O)cccc1C(=O)c1ccc(Br)cc1.[SrH2]. The number of ketones is 1. The fourth-order valence-corrected chi connectivity index (χ4v) is 2.15. The summed E-state index contributed by atoms with van der Waals surface area (Å²) in [7, 11) is 0. The number of halogens is 1. The van der Waals surface area contributed by atoms with Crippen LogP contribution < -0.4 is 5.73 Å². The molecule has 0 aliphatic rings. The molecule has 6 heteroatoms. The van der Waals surface area contributed by atoms with Crippen LogP contribution in [0.4, 0.5) is 5.69 Å². The van der Waals surface area contributed by atoms with E-state index in [0.717, 1.165) is 4.47 Å². The van der Waals surface area contributed by atoms with Gasteiger partial charge in [0.15, 0.2) is 5.78 Å². The molecule has 0 bridgehead atoms. The van der Waals surface area contributed by atoms with Gasteiger partial charge in [-0.3, -0.25) is 9.59 Å². The number of carboxylic acid groups (broad SMARTS) is 1. The molecule has 0 heterocycles. The predicted molar refractivity (Wildman–Crippen MR) is 88.3 cm³/mol. The van der Waals surface area contributed by atoms with Crippen molar-refractivity contribution in [1.29, 1.82) is 0 Å². The molecule has 2 aromatic carbocycles. The van der Waals surface area contributed by atoms with Gasteiger partial charge in [0.1, 0.15) is 0 Å². The zero-order chi connectivity index (χ0) is 14.7. The summed E-state index contributed by atoms with van der Waals surface area (Å²) < 4.78 is 0.877. The molecule has 0 unspecified atom stereocenters. The summed E-state index contributed by atoms with van der Waals surface area (Å²) in [5, 5.41) is 8.82. The van der Waals surface area contributed by atoms with Gasteiger partial charge in [0, 0.05) is 21.3 Å². The van der Waals surface area contributed by atoms with Gasteiger partial charge in [-0.1, -0.05) is 28.1 Å². The van der Waals surface area contributed by atoms with E-state index >= 15 is 0 Å². The van der Waals surface area contributed by atoms with Gasteiger partial charge in [0.2, 0.25) is 0 Å². The first-order chi connectivity index (χ1) is 9.49. The van der Waals surface area contributed by atoms with E-state index in [-0.39, 0.29) is 63.4 Å². The molecule has 0 aliphatic carbocycles. The van der Waals surface area contributed by atoms with Crippen LogP contribution in [0.15, 0.2) is 46.9 Å². The third-order valence-corrected chi connectivity index (χ3v) is 3.42. The monoisotopic (exact) mass is 423 g/mol. The Morgan fingerprint density at radius 3 is 2.29 bits per heavy atom. The van der Waals surface area contributed by atoms with Crippen LogP contribution in [0.25, 0.3) is 0 Å². The van der Waals surface area contributed by atoms with Crippen LogP contribution in [0.3, 0.4) is 0 Å². The van der Waals surface area contributed by atoms with Crippen molar-refractivity contribution >= 4 is 78.9 Å². The van der Waals surface area contributed by atoms with E-state index in [2.05, 4.69) is 15.9 Å². The molecule has 0 fully saturated rings. The summed E-state index contributed by atoms with van der Waals surface area (Å²) in [6.07, 6.45) is -0.201. The first-order valence-electron chi connectivity index (χ1n) is 5.88. The zero-order valence-electron chi connectivity index (χ0n) is 10.5. The van der Waals surface area contributed by atoms with E-state index in [1.807, 2.05) is 0 Å². The van der Waals surface area contributed by atoms with Crippen molar-refractivity contribution in [1.82, 2.24) is 0 Å². The van der Waals surface area contributed by atoms with Crippen LogP contribution in [-0.4, -0.2) is 62.3 Å². The molecule has 0 aliphatic heterocycles. The van der Waals surface area contributed by atoms with E-state index < -0.39 is 5.97 Å². The molecule has 2 rings (SSSR count). The predicted octanol–water partition coefficient (Wildman–Crippen LogP) is 1.97. The van der Waals surface area contributed by atoms with Gasteiger partial charge in [-0.05, 0) is 35.9 Å². The molecule has 0 saturated heterocycles. The maximum absolute atomic E-state index is 12.4. The third kappa shape index (κ3) is 4.66. The standard InChI is InChI=1S/C15H12BrNO3.Sr.2H/c16-11-6-4-9(5-7-11)15(20)12-3-1-2-10(14(12)17)8-13(18)19;;;/h1-7H,8,17H2,(H,18,19);;;. The molecular formula is C15H14BrNO3Sr. The van der Waals surface area contributed by atoms with Crippen molar-refractivity contribution in [2.45, 2.75) is 6.42 Å². The summed E-state index contributed by atoms with van der Waals surface area (Å²) in [5.74, 6) is -1.20. The Hall–Kier alpha value is -0.659. The Kier molecular flexibility index (Phi) is 7.09. The number of hydrogen-bond donors (Lipinski definition) is 2. The summed E-state index contributed by atoms with van der Waals surface area (Å²) in [5.41, 5.74) is 7.41. The van der Waals surface area contributed by atoms with Gasteiger partial charge in [-0.2, -0.15) is 0 Å². The van der Waals surface area contributed by atoms with E-state index in [1.165, 1.54) is 0 Å². The zero-order valence-corrected chi connectivity index (χ0v) is 12.1. The number of carboxylic acids is 1. The van der Waals surface area contributed by atoms with E-state index in [0.29, 0.717) is 16.7 Å². The number of para-hydroxylation sites is 1. The molecule has 0 aromatic heterocycles. The Morgan fingerprint density at radius 1 is 1.10 bits per heavy atom. The number of nitrogens with two attached hydrogens (primary N) is 1. The molecule has 0 radical (unpaired) electrons. The summed E-state index contributed by atoms with van der Waals surface area (Å²) in [6, 6.07) is 11.8. The van der Waals surface area contributed by atoms with Crippen molar-refractivity contribution in [3.8, 4) is 0 Å². The molecule has 2 aromatic rings. The van der Waals surface area contributed by atoms with Gasteiger partial charge in [0.25, 0.3) is 0 Å². The van der Waals surface area contributed by atoms with Crippen molar-refractivity contribution in [2.24, 2.45) is 0 Å². The molecule has 21 heavy (non-hydrogen) atoms. The van der Waals surface area contributed by atoms with E-state index in [1.54, 1.807) is 42.5 Å². The second kappa shape index (κ2) is 8.10.